The van der Waals surface area contributed by atoms with Gasteiger partial charge in [0.25, 0.3) is 0 Å². The van der Waals surface area contributed by atoms with Crippen molar-refractivity contribution in [3.05, 3.63) is 24.0 Å². The lowest BCUT2D eigenvalue weighted by Crippen LogP contribution is -2.32. The third-order valence-electron chi connectivity index (χ3n) is 2.88. The summed E-state index contributed by atoms with van der Waals surface area (Å²) >= 11 is 0. The molecule has 8 nitrogen and oxygen atoms in total. The first-order chi connectivity index (χ1) is 9.92. The van der Waals surface area contributed by atoms with Crippen molar-refractivity contribution in [2.45, 2.75) is 19.8 Å². The number of nitrogens with zero attached hydrogens (tertiary/aromatic N) is 3. The average molecular weight is 292 g/mol. The molecule has 0 bridgehead atoms. The number of ether oxygens (including phenoxy) is 2. The van der Waals surface area contributed by atoms with Crippen LogP contribution in [0.3, 0.4) is 0 Å². The predicted octanol–water partition coefficient (Wildman–Crippen LogP) is 1.09. The Hall–Kier alpha value is -2.77. The summed E-state index contributed by atoms with van der Waals surface area (Å²) in [6.07, 6.45) is 2.92. The fourth-order valence-corrected chi connectivity index (χ4v) is 1.79. The molecule has 0 fully saturated rings. The minimum atomic E-state index is 0.0720. The molecule has 0 amide bonds. The smallest absolute Gasteiger partial charge is 0.420 e. The van der Waals surface area contributed by atoms with Crippen LogP contribution in [0.25, 0.3) is 0 Å². The maximum Gasteiger partial charge on any atom is 0.420 e. The van der Waals surface area contributed by atoms with Crippen LogP contribution >= 0.6 is 0 Å². The van der Waals surface area contributed by atoms with Gasteiger partial charge in [-0.05, 0) is 5.92 Å². The molecular formula is C13H18N5O3+. The van der Waals surface area contributed by atoms with Crippen molar-refractivity contribution in [3.8, 4) is 17.4 Å². The molecule has 21 heavy (non-hydrogen) atoms. The van der Waals surface area contributed by atoms with Gasteiger partial charge in [-0.15, -0.1) is 0 Å². The Kier molecular flexibility index (Phi) is 3.97. The van der Waals surface area contributed by atoms with E-state index < -0.39 is 0 Å². The number of hydrogen-bond donors (Lipinski definition) is 3. The maximum atomic E-state index is 9.79. The van der Waals surface area contributed by atoms with Gasteiger partial charge in [0, 0.05) is 4.73 Å². The summed E-state index contributed by atoms with van der Waals surface area (Å²) in [4.78, 5) is 7.68. The Bertz CT molecular complexity index is 660. The molecule has 0 saturated carbocycles. The van der Waals surface area contributed by atoms with Crippen LogP contribution in [0, 0.1) is 0 Å². The van der Waals surface area contributed by atoms with Crippen molar-refractivity contribution in [2.24, 2.45) is 0 Å². The lowest BCUT2D eigenvalue weighted by atomic mass is 10.0. The summed E-state index contributed by atoms with van der Waals surface area (Å²) < 4.78 is 11.7. The number of methoxy groups -OCH3 is 1. The Balaban J connectivity index is 2.46. The normalized spacial score (nSPS) is 10.7. The van der Waals surface area contributed by atoms with Crippen molar-refractivity contribution < 1.29 is 19.4 Å². The number of nitrogen functional groups attached to an aromatic ring is 2. The van der Waals surface area contributed by atoms with Crippen molar-refractivity contribution in [1.82, 2.24) is 9.97 Å². The van der Waals surface area contributed by atoms with Crippen molar-refractivity contribution >= 4 is 11.8 Å². The fourth-order valence-electron chi connectivity index (χ4n) is 1.79. The van der Waals surface area contributed by atoms with Gasteiger partial charge >= 0.3 is 5.88 Å². The summed E-state index contributed by atoms with van der Waals surface area (Å²) in [5.41, 5.74) is 12.0. The molecule has 5 N–H and O–H groups in total. The molecule has 2 rings (SSSR count). The Morgan fingerprint density at radius 3 is 2.57 bits per heavy atom. The van der Waals surface area contributed by atoms with Crippen LogP contribution in [0.1, 0.15) is 25.3 Å². The van der Waals surface area contributed by atoms with Crippen molar-refractivity contribution in [2.75, 3.05) is 18.6 Å². The molecule has 2 heterocycles. The summed E-state index contributed by atoms with van der Waals surface area (Å²) in [6.45, 7) is 3.94. The monoisotopic (exact) mass is 292 g/mol. The maximum absolute atomic E-state index is 9.79. The van der Waals surface area contributed by atoms with E-state index in [1.807, 2.05) is 13.8 Å². The highest BCUT2D eigenvalue weighted by molar-refractivity contribution is 5.50. The van der Waals surface area contributed by atoms with Gasteiger partial charge in [0.2, 0.25) is 12.1 Å². The summed E-state index contributed by atoms with van der Waals surface area (Å²) in [5, 5.41) is 9.79. The second-order valence-electron chi connectivity index (χ2n) is 4.71. The molecule has 2 aromatic heterocycles. The molecule has 2 aromatic rings. The number of nitrogens with two attached hydrogens (primary N) is 2. The van der Waals surface area contributed by atoms with E-state index in [-0.39, 0.29) is 29.3 Å². The van der Waals surface area contributed by atoms with E-state index in [9.17, 15) is 5.21 Å². The minimum Gasteiger partial charge on any atom is -0.451 e. The zero-order valence-corrected chi connectivity index (χ0v) is 12.1. The Morgan fingerprint density at radius 2 is 2.00 bits per heavy atom. The molecule has 0 saturated heterocycles. The first-order valence-corrected chi connectivity index (χ1v) is 6.31. The molecule has 0 atom stereocenters. The van der Waals surface area contributed by atoms with Gasteiger partial charge in [-0.1, -0.05) is 13.8 Å². The zero-order chi connectivity index (χ0) is 15.6. The van der Waals surface area contributed by atoms with Gasteiger partial charge in [0.05, 0.1) is 24.9 Å². The van der Waals surface area contributed by atoms with Crippen LogP contribution in [0.5, 0.6) is 17.4 Å². The SMILES string of the molecule is COc1cc(Oc2cnc(N)nc2N)c(C(C)C)c[n+]1O. The van der Waals surface area contributed by atoms with E-state index in [4.69, 9.17) is 20.9 Å². The first kappa shape index (κ1) is 14.6. The molecule has 112 valence electrons. The van der Waals surface area contributed by atoms with Crippen molar-refractivity contribution in [1.29, 1.82) is 0 Å². The molecule has 0 unspecified atom stereocenters. The quantitative estimate of drug-likeness (QED) is 0.569. The van der Waals surface area contributed by atoms with Gasteiger partial charge in [-0.2, -0.15) is 4.98 Å². The minimum absolute atomic E-state index is 0.0720. The first-order valence-electron chi connectivity index (χ1n) is 6.31. The number of aromatic nitrogens is 3. The number of anilines is 2. The van der Waals surface area contributed by atoms with Gasteiger partial charge in [-0.3, -0.25) is 5.21 Å². The number of pyridine rings is 1. The van der Waals surface area contributed by atoms with E-state index in [1.54, 1.807) is 6.07 Å². The second kappa shape index (κ2) is 5.70. The molecule has 0 spiro atoms. The van der Waals surface area contributed by atoms with Crippen LogP contribution in [-0.4, -0.2) is 22.3 Å². The largest absolute Gasteiger partial charge is 0.451 e. The fraction of sp³-hybridized carbons (Fsp3) is 0.308. The Morgan fingerprint density at radius 1 is 1.29 bits per heavy atom. The third kappa shape index (κ3) is 3.04. The summed E-state index contributed by atoms with van der Waals surface area (Å²) in [5.74, 6) is 1.32. The molecule has 0 radical (unpaired) electrons. The zero-order valence-electron chi connectivity index (χ0n) is 12.1. The lowest BCUT2D eigenvalue weighted by molar-refractivity contribution is -0.906. The third-order valence-corrected chi connectivity index (χ3v) is 2.88. The van der Waals surface area contributed by atoms with Gasteiger partial charge in [0.1, 0.15) is 5.75 Å². The highest BCUT2D eigenvalue weighted by Gasteiger charge is 2.21. The van der Waals surface area contributed by atoms with Crippen molar-refractivity contribution in [3.63, 3.8) is 0 Å². The van der Waals surface area contributed by atoms with Crippen LogP contribution in [0.15, 0.2) is 18.5 Å². The topological polar surface area (TPSA) is 120 Å². The van der Waals surface area contributed by atoms with E-state index in [0.717, 1.165) is 10.3 Å². The lowest BCUT2D eigenvalue weighted by Gasteiger charge is -2.13. The van der Waals surface area contributed by atoms with E-state index in [1.165, 1.54) is 19.5 Å². The van der Waals surface area contributed by atoms with Crippen LogP contribution < -0.4 is 25.7 Å². The molecule has 0 aliphatic carbocycles. The summed E-state index contributed by atoms with van der Waals surface area (Å²) in [7, 11) is 1.45. The van der Waals surface area contributed by atoms with E-state index in [0.29, 0.717) is 5.75 Å². The highest BCUT2D eigenvalue weighted by Crippen LogP contribution is 2.33. The molecule has 0 aliphatic heterocycles. The standard InChI is InChI=1S/C13H18N5O3/c1-7(2)8-6-18(19)11(20-3)4-9(8)21-10-5-16-13(15)17-12(10)14/h4-7,19H,1-3H3,(H4,14,15,16,17)/q+1. The molecule has 0 aromatic carbocycles. The van der Waals surface area contributed by atoms with Gasteiger partial charge in [-0.25, -0.2) is 4.98 Å². The van der Waals surface area contributed by atoms with E-state index in [2.05, 4.69) is 9.97 Å². The molecule has 0 aliphatic rings. The van der Waals surface area contributed by atoms with E-state index >= 15 is 0 Å². The second-order valence-corrected chi connectivity index (χ2v) is 4.71. The molecule has 8 heteroatoms. The van der Waals surface area contributed by atoms with Gasteiger partial charge < -0.3 is 20.9 Å². The predicted molar refractivity (Wildman–Crippen MR) is 75.4 cm³/mol. The average Bonchev–Trinajstić information content (AvgIpc) is 2.42. The van der Waals surface area contributed by atoms with Gasteiger partial charge in [0.15, 0.2) is 11.6 Å². The summed E-state index contributed by atoms with van der Waals surface area (Å²) in [6, 6.07) is 1.56. The van der Waals surface area contributed by atoms with Crippen LogP contribution in [0.2, 0.25) is 0 Å². The number of rotatable bonds is 4. The van der Waals surface area contributed by atoms with Crippen LogP contribution in [-0.2, 0) is 0 Å². The highest BCUT2D eigenvalue weighted by atomic mass is 16.5. The van der Waals surface area contributed by atoms with Crippen LogP contribution in [0.4, 0.5) is 11.8 Å². The Labute approximate surface area is 121 Å². The molecular weight excluding hydrogens is 274 g/mol. The number of hydrogen-bond acceptors (Lipinski definition) is 7.